The Balaban J connectivity index is 2.11. The third-order valence-corrected chi connectivity index (χ3v) is 5.99. The Morgan fingerprint density at radius 3 is 2.33 bits per heavy atom. The van der Waals surface area contributed by atoms with E-state index in [0.717, 1.165) is 31.2 Å². The third kappa shape index (κ3) is 3.83. The van der Waals surface area contributed by atoms with Gasteiger partial charge in [0, 0.05) is 19.5 Å². The zero-order chi connectivity index (χ0) is 15.5. The molecule has 2 rings (SSSR count). The van der Waals surface area contributed by atoms with Crippen LogP contribution in [-0.4, -0.2) is 36.9 Å². The summed E-state index contributed by atoms with van der Waals surface area (Å²) in [7, 11) is -1.81. The predicted molar refractivity (Wildman–Crippen MR) is 79.6 cm³/mol. The Morgan fingerprint density at radius 2 is 1.81 bits per heavy atom. The standard InChI is InChI=1S/C15H21NO4S/c1-16(13-4-2-3-5-13)21(19,20)14-9-6-12(7-10-14)8-11-15(17)18/h6-7,9-10,13H,2-5,8,11H2,1H3,(H,17,18). The fraction of sp³-hybridized carbons (Fsp3) is 0.533. The van der Waals surface area contributed by atoms with Gasteiger partial charge in [-0.05, 0) is 37.0 Å². The lowest BCUT2D eigenvalue weighted by molar-refractivity contribution is -0.136. The molecule has 0 heterocycles. The van der Waals surface area contributed by atoms with E-state index in [0.29, 0.717) is 6.42 Å². The highest BCUT2D eigenvalue weighted by Gasteiger charge is 2.29. The fourth-order valence-corrected chi connectivity index (χ4v) is 4.13. The van der Waals surface area contributed by atoms with Crippen LogP contribution in [0.2, 0.25) is 0 Å². The minimum Gasteiger partial charge on any atom is -0.481 e. The molecule has 0 unspecified atom stereocenters. The number of hydrogen-bond acceptors (Lipinski definition) is 3. The summed E-state index contributed by atoms with van der Waals surface area (Å²) in [6.45, 7) is 0. The van der Waals surface area contributed by atoms with E-state index in [4.69, 9.17) is 5.11 Å². The van der Waals surface area contributed by atoms with Crippen molar-refractivity contribution in [3.63, 3.8) is 0 Å². The number of rotatable bonds is 6. The smallest absolute Gasteiger partial charge is 0.303 e. The number of carboxylic acids is 1. The number of carboxylic acid groups (broad SMARTS) is 1. The fourth-order valence-electron chi connectivity index (χ4n) is 2.71. The van der Waals surface area contributed by atoms with Crippen LogP contribution in [0.15, 0.2) is 29.2 Å². The molecule has 5 nitrogen and oxygen atoms in total. The maximum atomic E-state index is 12.5. The van der Waals surface area contributed by atoms with Crippen LogP contribution in [0.1, 0.15) is 37.7 Å². The van der Waals surface area contributed by atoms with Gasteiger partial charge in [-0.3, -0.25) is 4.79 Å². The third-order valence-electron chi connectivity index (χ3n) is 4.07. The van der Waals surface area contributed by atoms with Crippen molar-refractivity contribution >= 4 is 16.0 Å². The van der Waals surface area contributed by atoms with Crippen molar-refractivity contribution < 1.29 is 18.3 Å². The summed E-state index contributed by atoms with van der Waals surface area (Å²) in [6.07, 6.45) is 4.47. The zero-order valence-corrected chi connectivity index (χ0v) is 13.0. The van der Waals surface area contributed by atoms with Crippen molar-refractivity contribution in [2.75, 3.05) is 7.05 Å². The predicted octanol–water partition coefficient (Wildman–Crippen LogP) is 2.27. The Morgan fingerprint density at radius 1 is 1.24 bits per heavy atom. The first-order chi connectivity index (χ1) is 9.91. The van der Waals surface area contributed by atoms with Gasteiger partial charge in [0.15, 0.2) is 0 Å². The number of aliphatic carboxylic acids is 1. The van der Waals surface area contributed by atoms with Crippen molar-refractivity contribution in [3.8, 4) is 0 Å². The summed E-state index contributed by atoms with van der Waals surface area (Å²) in [5, 5.41) is 8.65. The van der Waals surface area contributed by atoms with Crippen molar-refractivity contribution in [2.24, 2.45) is 0 Å². The lowest BCUT2D eigenvalue weighted by Gasteiger charge is -2.23. The minimum absolute atomic E-state index is 0.0497. The lowest BCUT2D eigenvalue weighted by Crippen LogP contribution is -2.35. The van der Waals surface area contributed by atoms with Crippen LogP contribution >= 0.6 is 0 Å². The molecule has 0 bridgehead atoms. The number of hydrogen-bond donors (Lipinski definition) is 1. The first kappa shape index (κ1) is 16.0. The van der Waals surface area contributed by atoms with E-state index in [2.05, 4.69) is 0 Å². The average Bonchev–Trinajstić information content (AvgIpc) is 2.98. The quantitative estimate of drug-likeness (QED) is 0.874. The van der Waals surface area contributed by atoms with Crippen LogP contribution in [0.5, 0.6) is 0 Å². The van der Waals surface area contributed by atoms with Gasteiger partial charge in [-0.15, -0.1) is 0 Å². The minimum atomic E-state index is -3.45. The van der Waals surface area contributed by atoms with Gasteiger partial charge in [0.25, 0.3) is 0 Å². The molecule has 21 heavy (non-hydrogen) atoms. The second-order valence-corrected chi connectivity index (χ2v) is 7.49. The molecule has 0 saturated heterocycles. The molecular weight excluding hydrogens is 290 g/mol. The molecule has 0 aliphatic heterocycles. The molecule has 0 aromatic heterocycles. The molecule has 1 fully saturated rings. The van der Waals surface area contributed by atoms with Gasteiger partial charge in [-0.25, -0.2) is 8.42 Å². The van der Waals surface area contributed by atoms with Gasteiger partial charge >= 0.3 is 5.97 Å². The summed E-state index contributed by atoms with van der Waals surface area (Å²) >= 11 is 0. The van der Waals surface area contributed by atoms with Gasteiger partial charge in [-0.1, -0.05) is 25.0 Å². The molecule has 1 saturated carbocycles. The van der Waals surface area contributed by atoms with Gasteiger partial charge in [0.1, 0.15) is 0 Å². The lowest BCUT2D eigenvalue weighted by atomic mass is 10.1. The van der Waals surface area contributed by atoms with Gasteiger partial charge < -0.3 is 5.11 Å². The summed E-state index contributed by atoms with van der Waals surface area (Å²) in [5.41, 5.74) is 0.833. The second-order valence-electron chi connectivity index (χ2n) is 5.50. The van der Waals surface area contributed by atoms with Crippen LogP contribution in [0.25, 0.3) is 0 Å². The van der Waals surface area contributed by atoms with Crippen LogP contribution < -0.4 is 0 Å². The molecule has 6 heteroatoms. The molecule has 1 aliphatic carbocycles. The maximum Gasteiger partial charge on any atom is 0.303 e. The maximum absolute atomic E-state index is 12.5. The van der Waals surface area contributed by atoms with Gasteiger partial charge in [0.05, 0.1) is 4.90 Å². The summed E-state index contributed by atoms with van der Waals surface area (Å²) < 4.78 is 26.5. The SMILES string of the molecule is CN(C1CCCC1)S(=O)(=O)c1ccc(CCC(=O)O)cc1. The average molecular weight is 311 g/mol. The van der Waals surface area contributed by atoms with Crippen molar-refractivity contribution in [1.82, 2.24) is 4.31 Å². The van der Waals surface area contributed by atoms with Crippen molar-refractivity contribution in [1.29, 1.82) is 0 Å². The Kier molecular flexibility index (Phi) is 5.00. The van der Waals surface area contributed by atoms with Crippen LogP contribution in [0.4, 0.5) is 0 Å². The Bertz CT molecular complexity index is 589. The van der Waals surface area contributed by atoms with E-state index in [1.165, 1.54) is 4.31 Å². The molecule has 0 spiro atoms. The number of benzene rings is 1. The summed E-state index contributed by atoms with van der Waals surface area (Å²) in [4.78, 5) is 10.8. The molecule has 1 aromatic rings. The molecule has 1 aromatic carbocycles. The molecule has 1 N–H and O–H groups in total. The highest BCUT2D eigenvalue weighted by molar-refractivity contribution is 7.89. The zero-order valence-electron chi connectivity index (χ0n) is 12.2. The highest BCUT2D eigenvalue weighted by Crippen LogP contribution is 2.27. The van der Waals surface area contributed by atoms with Crippen molar-refractivity contribution in [3.05, 3.63) is 29.8 Å². The van der Waals surface area contributed by atoms with E-state index >= 15 is 0 Å². The highest BCUT2D eigenvalue weighted by atomic mass is 32.2. The van der Waals surface area contributed by atoms with E-state index in [1.807, 2.05) is 0 Å². The van der Waals surface area contributed by atoms with Crippen LogP contribution in [0.3, 0.4) is 0 Å². The summed E-state index contributed by atoms with van der Waals surface area (Å²) in [5.74, 6) is -0.854. The van der Waals surface area contributed by atoms with Crippen LogP contribution in [0, 0.1) is 0 Å². The molecule has 1 aliphatic rings. The molecule has 116 valence electrons. The molecule has 0 radical (unpaired) electrons. The molecule has 0 atom stereocenters. The Hall–Kier alpha value is -1.40. The normalized spacial score (nSPS) is 16.5. The van der Waals surface area contributed by atoms with Crippen molar-refractivity contribution in [2.45, 2.75) is 49.5 Å². The number of nitrogens with zero attached hydrogens (tertiary/aromatic N) is 1. The first-order valence-corrected chi connectivity index (χ1v) is 8.64. The van der Waals surface area contributed by atoms with E-state index < -0.39 is 16.0 Å². The van der Waals surface area contributed by atoms with Gasteiger partial charge in [-0.2, -0.15) is 4.31 Å². The van der Waals surface area contributed by atoms with E-state index in [9.17, 15) is 13.2 Å². The Labute approximate surface area is 125 Å². The number of sulfonamides is 1. The van der Waals surface area contributed by atoms with E-state index in [1.54, 1.807) is 31.3 Å². The number of aryl methyl sites for hydroxylation is 1. The monoisotopic (exact) mass is 311 g/mol. The van der Waals surface area contributed by atoms with Crippen LogP contribution in [-0.2, 0) is 21.2 Å². The molecule has 0 amide bonds. The first-order valence-electron chi connectivity index (χ1n) is 7.20. The topological polar surface area (TPSA) is 74.7 Å². The second kappa shape index (κ2) is 6.58. The van der Waals surface area contributed by atoms with E-state index in [-0.39, 0.29) is 17.4 Å². The largest absolute Gasteiger partial charge is 0.481 e. The molecular formula is C15H21NO4S. The van der Waals surface area contributed by atoms with Gasteiger partial charge in [0.2, 0.25) is 10.0 Å². The summed E-state index contributed by atoms with van der Waals surface area (Å²) in [6, 6.07) is 6.62. The number of carbonyl (C=O) groups is 1.